The summed E-state index contributed by atoms with van der Waals surface area (Å²) in [6, 6.07) is 40.6. The van der Waals surface area contributed by atoms with Gasteiger partial charge in [-0.2, -0.15) is 15.8 Å². The number of aryl methyl sites for hydroxylation is 1. The zero-order valence-electron chi connectivity index (χ0n) is 28.1. The summed E-state index contributed by atoms with van der Waals surface area (Å²) in [6.07, 6.45) is 5.40. The molecular formula is C43H37N3O2. The third kappa shape index (κ3) is 8.50. The molecule has 0 aliphatic rings. The van der Waals surface area contributed by atoms with Gasteiger partial charge in [0.2, 0.25) is 0 Å². The van der Waals surface area contributed by atoms with Crippen molar-refractivity contribution in [3.05, 3.63) is 154 Å². The lowest BCUT2D eigenvalue weighted by Gasteiger charge is -2.26. The molecule has 5 nitrogen and oxygen atoms in total. The van der Waals surface area contributed by atoms with Crippen LogP contribution in [-0.4, -0.2) is 0 Å². The van der Waals surface area contributed by atoms with Gasteiger partial charge in [0.15, 0.2) is 0 Å². The number of hydrogen-bond acceptors (Lipinski definition) is 5. The summed E-state index contributed by atoms with van der Waals surface area (Å²) in [7, 11) is 0. The maximum absolute atomic E-state index is 9.14. The van der Waals surface area contributed by atoms with Crippen LogP contribution in [0.15, 0.2) is 109 Å². The summed E-state index contributed by atoms with van der Waals surface area (Å²) in [5, 5.41) is 27.1. The van der Waals surface area contributed by atoms with Crippen LogP contribution < -0.4 is 9.47 Å². The first-order valence-electron chi connectivity index (χ1n) is 15.5. The highest BCUT2D eigenvalue weighted by Gasteiger charge is 2.23. The molecule has 0 atom stereocenters. The highest BCUT2D eigenvalue weighted by molar-refractivity contribution is 5.52. The van der Waals surface area contributed by atoms with Crippen LogP contribution in [0.4, 0.5) is 0 Å². The van der Waals surface area contributed by atoms with E-state index in [0.717, 1.165) is 5.75 Å². The molecule has 0 unspecified atom stereocenters. The Morgan fingerprint density at radius 3 is 1.42 bits per heavy atom. The fraction of sp³-hybridized carbons (Fsp3) is 0.186. The minimum Gasteiger partial charge on any atom is -0.457 e. The van der Waals surface area contributed by atoms with Crippen LogP contribution in [0.2, 0.25) is 0 Å². The minimum absolute atomic E-state index is 0.115. The zero-order chi connectivity index (χ0) is 34.9. The summed E-state index contributed by atoms with van der Waals surface area (Å²) in [5.41, 5.74) is 6.63. The van der Waals surface area contributed by atoms with Crippen LogP contribution in [0, 0.1) is 53.3 Å². The monoisotopic (exact) mass is 627 g/mol. The van der Waals surface area contributed by atoms with Gasteiger partial charge in [0.05, 0.1) is 16.7 Å². The summed E-state index contributed by atoms with van der Waals surface area (Å²) < 4.78 is 11.6. The highest BCUT2D eigenvalue weighted by atomic mass is 16.5. The minimum atomic E-state index is -0.118. The van der Waals surface area contributed by atoms with E-state index in [2.05, 4.69) is 102 Å². The molecule has 5 aromatic rings. The lowest BCUT2D eigenvalue weighted by molar-refractivity contribution is 0.481. The van der Waals surface area contributed by atoms with E-state index in [1.807, 2.05) is 36.4 Å². The molecule has 236 valence electrons. The standard InChI is InChI=1S/C24H20N2O.C19H17NO/c1-17-5-4-6-21(13-17)24(2,3)20-8-11-22(12-9-20)27-23-10-7-18(15-25)19(14-23)16-26;1-5-14-12-18(9-6-15(14)13-20)21-17-10-7-16(8-11-17)19(2,3)4/h4-14H,1-3H3;1,6-12H,2-4H3. The van der Waals surface area contributed by atoms with Crippen molar-refractivity contribution in [3.8, 4) is 53.5 Å². The van der Waals surface area contributed by atoms with Crippen molar-refractivity contribution in [3.63, 3.8) is 0 Å². The van der Waals surface area contributed by atoms with E-state index in [0.29, 0.717) is 39.5 Å². The molecule has 0 N–H and O–H groups in total. The summed E-state index contributed by atoms with van der Waals surface area (Å²) in [6.45, 7) is 13.0. The molecule has 5 aromatic carbocycles. The van der Waals surface area contributed by atoms with Gasteiger partial charge in [0.1, 0.15) is 41.2 Å². The fourth-order valence-electron chi connectivity index (χ4n) is 5.02. The van der Waals surface area contributed by atoms with Crippen molar-refractivity contribution in [2.75, 3.05) is 0 Å². The first-order valence-corrected chi connectivity index (χ1v) is 15.5. The summed E-state index contributed by atoms with van der Waals surface area (Å²) in [4.78, 5) is 0. The fourth-order valence-corrected chi connectivity index (χ4v) is 5.02. The van der Waals surface area contributed by atoms with E-state index in [1.165, 1.54) is 22.3 Å². The number of nitrogens with zero attached hydrogens (tertiary/aromatic N) is 3. The number of rotatable bonds is 6. The van der Waals surface area contributed by atoms with Gasteiger partial charge in [-0.3, -0.25) is 0 Å². The predicted octanol–water partition coefficient (Wildman–Crippen LogP) is 10.5. The molecule has 0 saturated heterocycles. The van der Waals surface area contributed by atoms with E-state index in [9.17, 15) is 0 Å². The molecule has 5 heteroatoms. The maximum Gasteiger partial charge on any atom is 0.128 e. The first-order chi connectivity index (χ1) is 22.9. The largest absolute Gasteiger partial charge is 0.457 e. The van der Waals surface area contributed by atoms with Gasteiger partial charge in [-0.1, -0.05) is 94.6 Å². The van der Waals surface area contributed by atoms with E-state index in [4.69, 9.17) is 31.7 Å². The van der Waals surface area contributed by atoms with Gasteiger partial charge in [-0.15, -0.1) is 6.42 Å². The Morgan fingerprint density at radius 1 is 0.500 bits per heavy atom. The highest BCUT2D eigenvalue weighted by Crippen LogP contribution is 2.34. The van der Waals surface area contributed by atoms with Crippen LogP contribution in [0.1, 0.15) is 79.1 Å². The third-order valence-corrected chi connectivity index (χ3v) is 8.01. The SMILES string of the molecule is C#Cc1cc(Oc2ccc(C(C)(C)C)cc2)ccc1C#N.Cc1cccc(C(C)(C)c2ccc(Oc3ccc(C#N)c(C#N)c3)cc2)c1. The molecule has 0 fully saturated rings. The van der Waals surface area contributed by atoms with E-state index < -0.39 is 0 Å². The van der Waals surface area contributed by atoms with Crippen LogP contribution in [0.5, 0.6) is 23.0 Å². The molecule has 0 aliphatic carbocycles. The van der Waals surface area contributed by atoms with Crippen molar-refractivity contribution in [1.29, 1.82) is 15.8 Å². The average Bonchev–Trinajstić information content (AvgIpc) is 3.08. The van der Waals surface area contributed by atoms with Gasteiger partial charge in [-0.05, 0) is 89.7 Å². The molecule has 0 aromatic heterocycles. The van der Waals surface area contributed by atoms with Gasteiger partial charge < -0.3 is 9.47 Å². The number of nitriles is 3. The molecule has 0 heterocycles. The lowest BCUT2D eigenvalue weighted by atomic mass is 9.78. The summed E-state index contributed by atoms with van der Waals surface area (Å²) in [5.74, 6) is 5.10. The Kier molecular flexibility index (Phi) is 10.7. The van der Waals surface area contributed by atoms with Crippen molar-refractivity contribution >= 4 is 0 Å². The second-order valence-corrected chi connectivity index (χ2v) is 12.9. The van der Waals surface area contributed by atoms with Crippen molar-refractivity contribution in [1.82, 2.24) is 0 Å². The second kappa shape index (κ2) is 14.9. The normalized spacial score (nSPS) is 10.6. The molecule has 0 amide bonds. The van der Waals surface area contributed by atoms with Gasteiger partial charge in [0, 0.05) is 11.0 Å². The molecule has 5 rings (SSSR count). The molecule has 0 aliphatic heterocycles. The van der Waals surface area contributed by atoms with Crippen molar-refractivity contribution in [2.45, 2.75) is 52.4 Å². The first kappa shape index (κ1) is 34.6. The van der Waals surface area contributed by atoms with Crippen molar-refractivity contribution in [2.24, 2.45) is 0 Å². The zero-order valence-corrected chi connectivity index (χ0v) is 28.1. The quantitative estimate of drug-likeness (QED) is 0.175. The van der Waals surface area contributed by atoms with Crippen LogP contribution in [0.25, 0.3) is 0 Å². The van der Waals surface area contributed by atoms with E-state index in [-0.39, 0.29) is 10.8 Å². The maximum atomic E-state index is 9.14. The number of ether oxygens (including phenoxy) is 2. The topological polar surface area (TPSA) is 89.8 Å². The predicted molar refractivity (Wildman–Crippen MR) is 190 cm³/mol. The number of benzene rings is 5. The number of hydrogen-bond donors (Lipinski definition) is 0. The summed E-state index contributed by atoms with van der Waals surface area (Å²) >= 11 is 0. The molecule has 0 bridgehead atoms. The van der Waals surface area contributed by atoms with E-state index in [1.54, 1.807) is 36.4 Å². The van der Waals surface area contributed by atoms with Gasteiger partial charge >= 0.3 is 0 Å². The number of terminal acetylenes is 1. The Hall–Kier alpha value is -6.27. The molecule has 48 heavy (non-hydrogen) atoms. The Balaban J connectivity index is 0.000000224. The molecule has 0 saturated carbocycles. The van der Waals surface area contributed by atoms with Gasteiger partial charge in [0.25, 0.3) is 0 Å². The Morgan fingerprint density at radius 2 is 0.958 bits per heavy atom. The third-order valence-electron chi connectivity index (χ3n) is 8.01. The second-order valence-electron chi connectivity index (χ2n) is 12.9. The Labute approximate surface area is 284 Å². The lowest BCUT2D eigenvalue weighted by Crippen LogP contribution is -2.18. The van der Waals surface area contributed by atoms with E-state index >= 15 is 0 Å². The van der Waals surface area contributed by atoms with Crippen LogP contribution >= 0.6 is 0 Å². The van der Waals surface area contributed by atoms with Crippen LogP contribution in [-0.2, 0) is 10.8 Å². The van der Waals surface area contributed by atoms with Crippen LogP contribution in [0.3, 0.4) is 0 Å². The molecule has 0 radical (unpaired) electrons. The smallest absolute Gasteiger partial charge is 0.128 e. The van der Waals surface area contributed by atoms with Gasteiger partial charge in [-0.25, -0.2) is 0 Å². The Bertz CT molecular complexity index is 2070. The van der Waals surface area contributed by atoms with Crippen molar-refractivity contribution < 1.29 is 9.47 Å². The average molecular weight is 628 g/mol. The molecular weight excluding hydrogens is 590 g/mol. The molecule has 0 spiro atoms.